The van der Waals surface area contributed by atoms with Gasteiger partial charge in [-0.1, -0.05) is 12.1 Å². The Bertz CT molecular complexity index is 661. The minimum absolute atomic E-state index is 0.272. The molecule has 5 heteroatoms. The monoisotopic (exact) mass is 353 g/mol. The van der Waals surface area contributed by atoms with Gasteiger partial charge in [0, 0.05) is 5.56 Å². The number of methoxy groups -OCH3 is 2. The summed E-state index contributed by atoms with van der Waals surface area (Å²) in [5.41, 5.74) is 8.28. The highest BCUT2D eigenvalue weighted by atomic mass is 79.9. The Balaban J connectivity index is 2.50. The third-order valence-corrected chi connectivity index (χ3v) is 4.01. The van der Waals surface area contributed by atoms with Crippen LogP contribution in [0, 0.1) is 12.7 Å². The van der Waals surface area contributed by atoms with E-state index in [0.717, 1.165) is 10.0 Å². The standard InChI is InChI=1S/C16H17BrFNO2/c1-9-4-5-10(6-13(9)18)16(19)11-7-15(21-3)12(17)8-14(11)20-2/h4-8,16H,19H2,1-3H3. The highest BCUT2D eigenvalue weighted by Gasteiger charge is 2.18. The number of rotatable bonds is 4. The maximum Gasteiger partial charge on any atom is 0.133 e. The Labute approximate surface area is 132 Å². The molecule has 0 bridgehead atoms. The van der Waals surface area contributed by atoms with Crippen LogP contribution in [0.5, 0.6) is 11.5 Å². The van der Waals surface area contributed by atoms with Gasteiger partial charge < -0.3 is 15.2 Å². The topological polar surface area (TPSA) is 44.5 Å². The summed E-state index contributed by atoms with van der Waals surface area (Å²) >= 11 is 3.40. The summed E-state index contributed by atoms with van der Waals surface area (Å²) in [4.78, 5) is 0. The van der Waals surface area contributed by atoms with E-state index in [1.54, 1.807) is 39.3 Å². The van der Waals surface area contributed by atoms with Crippen LogP contribution in [-0.2, 0) is 0 Å². The number of hydrogen-bond acceptors (Lipinski definition) is 3. The molecule has 0 saturated carbocycles. The molecule has 112 valence electrons. The van der Waals surface area contributed by atoms with Gasteiger partial charge in [0.25, 0.3) is 0 Å². The first-order chi connectivity index (χ1) is 9.97. The Kier molecular flexibility index (Phi) is 4.85. The molecule has 0 radical (unpaired) electrons. The number of halogens is 2. The van der Waals surface area contributed by atoms with Crippen LogP contribution >= 0.6 is 15.9 Å². The molecule has 0 spiro atoms. The van der Waals surface area contributed by atoms with E-state index in [1.165, 1.54) is 6.07 Å². The van der Waals surface area contributed by atoms with Crippen LogP contribution in [0.25, 0.3) is 0 Å². The van der Waals surface area contributed by atoms with Crippen LogP contribution < -0.4 is 15.2 Å². The van der Waals surface area contributed by atoms with Gasteiger partial charge in [0.2, 0.25) is 0 Å². The first kappa shape index (κ1) is 15.8. The minimum atomic E-state index is -0.503. The molecule has 0 amide bonds. The van der Waals surface area contributed by atoms with Crippen molar-refractivity contribution in [1.29, 1.82) is 0 Å². The Morgan fingerprint density at radius 3 is 2.33 bits per heavy atom. The smallest absolute Gasteiger partial charge is 0.133 e. The average Bonchev–Trinajstić information content (AvgIpc) is 2.49. The van der Waals surface area contributed by atoms with E-state index in [2.05, 4.69) is 15.9 Å². The lowest BCUT2D eigenvalue weighted by molar-refractivity contribution is 0.395. The van der Waals surface area contributed by atoms with Crippen LogP contribution in [0.3, 0.4) is 0 Å². The first-order valence-corrected chi connectivity index (χ1v) is 7.20. The van der Waals surface area contributed by atoms with Crippen LogP contribution in [0.15, 0.2) is 34.8 Å². The maximum atomic E-state index is 13.7. The summed E-state index contributed by atoms with van der Waals surface area (Å²) in [6, 6.07) is 8.07. The number of nitrogens with two attached hydrogens (primary N) is 1. The van der Waals surface area contributed by atoms with Crippen molar-refractivity contribution in [2.75, 3.05) is 14.2 Å². The van der Waals surface area contributed by atoms with Gasteiger partial charge in [0.15, 0.2) is 0 Å². The van der Waals surface area contributed by atoms with E-state index in [4.69, 9.17) is 15.2 Å². The normalized spacial score (nSPS) is 12.1. The van der Waals surface area contributed by atoms with Crippen LogP contribution in [0.4, 0.5) is 4.39 Å². The van der Waals surface area contributed by atoms with Gasteiger partial charge in [0.1, 0.15) is 17.3 Å². The van der Waals surface area contributed by atoms with E-state index in [1.807, 2.05) is 6.07 Å². The Morgan fingerprint density at radius 2 is 1.76 bits per heavy atom. The van der Waals surface area contributed by atoms with Gasteiger partial charge in [-0.05, 0) is 52.2 Å². The summed E-state index contributed by atoms with van der Waals surface area (Å²) in [5, 5.41) is 0. The first-order valence-electron chi connectivity index (χ1n) is 6.41. The summed E-state index contributed by atoms with van der Waals surface area (Å²) in [6.07, 6.45) is 0. The SMILES string of the molecule is COc1cc(C(N)c2ccc(C)c(F)c2)c(OC)cc1Br. The summed E-state index contributed by atoms with van der Waals surface area (Å²) in [6.45, 7) is 1.72. The van der Waals surface area contributed by atoms with Crippen LogP contribution in [-0.4, -0.2) is 14.2 Å². The van der Waals surface area contributed by atoms with Crippen molar-refractivity contribution in [2.45, 2.75) is 13.0 Å². The highest BCUT2D eigenvalue weighted by molar-refractivity contribution is 9.10. The number of ether oxygens (including phenoxy) is 2. The maximum absolute atomic E-state index is 13.7. The molecule has 2 aromatic carbocycles. The zero-order chi connectivity index (χ0) is 15.6. The molecule has 1 atom stereocenters. The van der Waals surface area contributed by atoms with E-state index in [0.29, 0.717) is 22.6 Å². The fraction of sp³-hybridized carbons (Fsp3) is 0.250. The zero-order valence-corrected chi connectivity index (χ0v) is 13.7. The third-order valence-electron chi connectivity index (χ3n) is 3.39. The lowest BCUT2D eigenvalue weighted by Crippen LogP contribution is -2.14. The largest absolute Gasteiger partial charge is 0.496 e. The molecule has 3 nitrogen and oxygen atoms in total. The molecule has 0 aliphatic heterocycles. The summed E-state index contributed by atoms with van der Waals surface area (Å²) in [5.74, 6) is 0.996. The second kappa shape index (κ2) is 6.45. The van der Waals surface area contributed by atoms with Gasteiger partial charge in [0.05, 0.1) is 24.7 Å². The van der Waals surface area contributed by atoms with Gasteiger partial charge in [-0.25, -0.2) is 4.39 Å². The molecule has 0 aliphatic rings. The van der Waals surface area contributed by atoms with E-state index in [9.17, 15) is 4.39 Å². The van der Waals surface area contributed by atoms with Crippen molar-refractivity contribution in [3.05, 3.63) is 57.3 Å². The molecule has 2 aromatic rings. The second-order valence-corrected chi connectivity index (χ2v) is 5.57. The molecule has 0 fully saturated rings. The quantitative estimate of drug-likeness (QED) is 0.904. The second-order valence-electron chi connectivity index (χ2n) is 4.71. The Hall–Kier alpha value is -1.59. The molecule has 1 unspecified atom stereocenters. The van der Waals surface area contributed by atoms with Crippen molar-refractivity contribution in [3.63, 3.8) is 0 Å². The molecule has 0 aliphatic carbocycles. The zero-order valence-electron chi connectivity index (χ0n) is 12.1. The average molecular weight is 354 g/mol. The van der Waals surface area contributed by atoms with Crippen molar-refractivity contribution < 1.29 is 13.9 Å². The third kappa shape index (κ3) is 3.19. The van der Waals surface area contributed by atoms with Crippen LogP contribution in [0.2, 0.25) is 0 Å². The predicted molar refractivity (Wildman–Crippen MR) is 84.4 cm³/mol. The lowest BCUT2D eigenvalue weighted by atomic mass is 9.97. The predicted octanol–water partition coefficient (Wildman–Crippen LogP) is 3.96. The van der Waals surface area contributed by atoms with Crippen molar-refractivity contribution in [1.82, 2.24) is 0 Å². The molecular weight excluding hydrogens is 337 g/mol. The molecule has 0 heterocycles. The summed E-state index contributed by atoms with van der Waals surface area (Å²) < 4.78 is 25.1. The molecule has 21 heavy (non-hydrogen) atoms. The molecular formula is C16H17BrFNO2. The number of benzene rings is 2. The number of hydrogen-bond donors (Lipinski definition) is 1. The van der Waals surface area contributed by atoms with E-state index in [-0.39, 0.29) is 5.82 Å². The van der Waals surface area contributed by atoms with Crippen molar-refractivity contribution in [2.24, 2.45) is 5.73 Å². The van der Waals surface area contributed by atoms with E-state index < -0.39 is 6.04 Å². The molecule has 2 rings (SSSR count). The van der Waals surface area contributed by atoms with Crippen LogP contribution in [0.1, 0.15) is 22.7 Å². The molecule has 2 N–H and O–H groups in total. The highest BCUT2D eigenvalue weighted by Crippen LogP contribution is 2.37. The van der Waals surface area contributed by atoms with E-state index >= 15 is 0 Å². The van der Waals surface area contributed by atoms with Crippen molar-refractivity contribution >= 4 is 15.9 Å². The van der Waals surface area contributed by atoms with Crippen molar-refractivity contribution in [3.8, 4) is 11.5 Å². The van der Waals surface area contributed by atoms with Gasteiger partial charge >= 0.3 is 0 Å². The minimum Gasteiger partial charge on any atom is -0.496 e. The molecule has 0 aromatic heterocycles. The van der Waals surface area contributed by atoms with Gasteiger partial charge in [-0.15, -0.1) is 0 Å². The molecule has 0 saturated heterocycles. The number of aryl methyl sites for hydroxylation is 1. The summed E-state index contributed by atoms with van der Waals surface area (Å²) in [7, 11) is 3.15. The fourth-order valence-electron chi connectivity index (χ4n) is 2.11. The Morgan fingerprint density at radius 1 is 1.10 bits per heavy atom. The van der Waals surface area contributed by atoms with Gasteiger partial charge in [-0.2, -0.15) is 0 Å². The lowest BCUT2D eigenvalue weighted by Gasteiger charge is -2.18. The van der Waals surface area contributed by atoms with Gasteiger partial charge in [-0.3, -0.25) is 0 Å². The fourth-order valence-corrected chi connectivity index (χ4v) is 2.59.